The Morgan fingerprint density at radius 1 is 1.47 bits per heavy atom. The number of benzene rings is 1. The third kappa shape index (κ3) is 1.42. The monoisotopic (exact) mass is 209 g/mol. The lowest BCUT2D eigenvalue weighted by Gasteiger charge is -2.06. The largest absolute Gasteiger partial charge is 0.505 e. The molecular weight excluding hydrogens is 193 g/mol. The molecule has 2 atom stereocenters. The average Bonchev–Trinajstić information content (AvgIpc) is 2.73. The number of para-hydroxylation sites is 1. The minimum atomic E-state index is -0.550. The first-order valence-corrected chi connectivity index (χ1v) is 5.17. The van der Waals surface area contributed by atoms with Crippen molar-refractivity contribution < 1.29 is 9.50 Å². The summed E-state index contributed by atoms with van der Waals surface area (Å²) in [5.74, 6) is -0.249. The molecule has 15 heavy (non-hydrogen) atoms. The fourth-order valence-electron chi connectivity index (χ4n) is 2.58. The Morgan fingerprint density at radius 3 is 2.67 bits per heavy atom. The first-order chi connectivity index (χ1) is 7.00. The van der Waals surface area contributed by atoms with Crippen LogP contribution in [-0.2, 0) is 0 Å². The summed E-state index contributed by atoms with van der Waals surface area (Å²) < 4.78 is 13.2. The molecule has 1 aliphatic rings. The molecule has 1 aromatic carbocycles. The average molecular weight is 209 g/mol. The third-order valence-corrected chi connectivity index (χ3v) is 3.66. The summed E-state index contributed by atoms with van der Waals surface area (Å²) in [6.07, 6.45) is 0. The highest BCUT2D eigenvalue weighted by Gasteiger charge is 2.58. The molecule has 1 aliphatic carbocycles. The molecule has 0 spiro atoms. The number of rotatable bonds is 2. The highest BCUT2D eigenvalue weighted by Crippen LogP contribution is 2.65. The van der Waals surface area contributed by atoms with Gasteiger partial charge in [0.1, 0.15) is 0 Å². The van der Waals surface area contributed by atoms with E-state index in [9.17, 15) is 9.50 Å². The maximum atomic E-state index is 13.2. The van der Waals surface area contributed by atoms with Crippen LogP contribution in [0.1, 0.15) is 25.3 Å². The standard InChI is InChI=1S/C12H16FNO/c1-12(2)8(6-14)10(12)7-4-3-5-9(13)11(7)15/h3-5,8,10,15H,6,14H2,1-2H3/t8-,10-/m1/s1. The third-order valence-electron chi connectivity index (χ3n) is 3.66. The van der Waals surface area contributed by atoms with E-state index in [0.29, 0.717) is 18.0 Å². The zero-order chi connectivity index (χ0) is 11.2. The van der Waals surface area contributed by atoms with E-state index in [0.717, 1.165) is 0 Å². The van der Waals surface area contributed by atoms with Crippen LogP contribution in [0, 0.1) is 17.2 Å². The molecule has 0 saturated heterocycles. The van der Waals surface area contributed by atoms with Gasteiger partial charge in [-0.2, -0.15) is 0 Å². The molecule has 3 heteroatoms. The lowest BCUT2D eigenvalue weighted by atomic mass is 10.0. The van der Waals surface area contributed by atoms with Gasteiger partial charge >= 0.3 is 0 Å². The van der Waals surface area contributed by atoms with Crippen LogP contribution in [0.5, 0.6) is 5.75 Å². The van der Waals surface area contributed by atoms with E-state index in [4.69, 9.17) is 5.73 Å². The van der Waals surface area contributed by atoms with Crippen LogP contribution in [0.2, 0.25) is 0 Å². The van der Waals surface area contributed by atoms with Crippen LogP contribution in [0.25, 0.3) is 0 Å². The van der Waals surface area contributed by atoms with Crippen LogP contribution in [0.3, 0.4) is 0 Å². The van der Waals surface area contributed by atoms with Crippen molar-refractivity contribution in [3.05, 3.63) is 29.6 Å². The Kier molecular flexibility index (Phi) is 2.23. The topological polar surface area (TPSA) is 46.2 Å². The number of hydrogen-bond donors (Lipinski definition) is 2. The highest BCUT2D eigenvalue weighted by atomic mass is 19.1. The normalized spacial score (nSPS) is 27.7. The maximum Gasteiger partial charge on any atom is 0.165 e. The Hall–Kier alpha value is -1.09. The molecule has 3 N–H and O–H groups in total. The van der Waals surface area contributed by atoms with Gasteiger partial charge in [0.2, 0.25) is 0 Å². The van der Waals surface area contributed by atoms with Gasteiger partial charge < -0.3 is 10.8 Å². The van der Waals surface area contributed by atoms with Crippen molar-refractivity contribution >= 4 is 0 Å². The molecule has 1 aromatic rings. The van der Waals surface area contributed by atoms with Crippen LogP contribution in [-0.4, -0.2) is 11.7 Å². The first kappa shape index (κ1) is 10.4. The number of phenols is 1. The van der Waals surface area contributed by atoms with Crippen molar-refractivity contribution in [2.75, 3.05) is 6.54 Å². The van der Waals surface area contributed by atoms with Gasteiger partial charge in [-0.15, -0.1) is 0 Å². The molecule has 0 radical (unpaired) electrons. The van der Waals surface area contributed by atoms with Gasteiger partial charge in [0.15, 0.2) is 11.6 Å². The Labute approximate surface area is 88.9 Å². The zero-order valence-corrected chi connectivity index (χ0v) is 9.00. The van der Waals surface area contributed by atoms with Crippen LogP contribution in [0.15, 0.2) is 18.2 Å². The zero-order valence-electron chi connectivity index (χ0n) is 9.00. The van der Waals surface area contributed by atoms with Gasteiger partial charge in [0.25, 0.3) is 0 Å². The van der Waals surface area contributed by atoms with Gasteiger partial charge in [-0.3, -0.25) is 0 Å². The van der Waals surface area contributed by atoms with E-state index in [1.54, 1.807) is 12.1 Å². The van der Waals surface area contributed by atoms with Crippen LogP contribution >= 0.6 is 0 Å². The Balaban J connectivity index is 2.37. The first-order valence-electron chi connectivity index (χ1n) is 5.17. The molecule has 2 nitrogen and oxygen atoms in total. The second kappa shape index (κ2) is 3.20. The highest BCUT2D eigenvalue weighted by molar-refractivity contribution is 5.42. The predicted molar refractivity (Wildman–Crippen MR) is 57.1 cm³/mol. The van der Waals surface area contributed by atoms with E-state index in [-0.39, 0.29) is 17.1 Å². The van der Waals surface area contributed by atoms with Crippen molar-refractivity contribution in [2.45, 2.75) is 19.8 Å². The van der Waals surface area contributed by atoms with E-state index in [1.807, 2.05) is 0 Å². The lowest BCUT2D eigenvalue weighted by molar-refractivity contribution is 0.423. The molecule has 0 bridgehead atoms. The van der Waals surface area contributed by atoms with E-state index < -0.39 is 5.82 Å². The molecule has 0 amide bonds. The van der Waals surface area contributed by atoms with E-state index >= 15 is 0 Å². The fraction of sp³-hybridized carbons (Fsp3) is 0.500. The minimum absolute atomic E-state index is 0.0695. The van der Waals surface area contributed by atoms with Gasteiger partial charge in [-0.1, -0.05) is 26.0 Å². The van der Waals surface area contributed by atoms with Crippen molar-refractivity contribution in [3.63, 3.8) is 0 Å². The lowest BCUT2D eigenvalue weighted by Crippen LogP contribution is -2.05. The molecule has 0 unspecified atom stereocenters. The predicted octanol–water partition coefficient (Wildman–Crippen LogP) is 2.23. The van der Waals surface area contributed by atoms with Crippen molar-refractivity contribution in [1.29, 1.82) is 0 Å². The van der Waals surface area contributed by atoms with E-state index in [1.165, 1.54) is 6.07 Å². The molecule has 1 saturated carbocycles. The summed E-state index contributed by atoms with van der Waals surface area (Å²) >= 11 is 0. The minimum Gasteiger partial charge on any atom is -0.505 e. The summed E-state index contributed by atoms with van der Waals surface area (Å²) in [7, 11) is 0. The number of halogens is 1. The van der Waals surface area contributed by atoms with Gasteiger partial charge in [0.05, 0.1) is 0 Å². The van der Waals surface area contributed by atoms with Crippen LogP contribution < -0.4 is 5.73 Å². The van der Waals surface area contributed by atoms with Crippen molar-refractivity contribution in [1.82, 2.24) is 0 Å². The van der Waals surface area contributed by atoms with Gasteiger partial charge in [-0.25, -0.2) is 4.39 Å². The number of hydrogen-bond acceptors (Lipinski definition) is 2. The molecule has 0 aromatic heterocycles. The van der Waals surface area contributed by atoms with Crippen molar-refractivity contribution in [2.24, 2.45) is 17.1 Å². The second-order valence-corrected chi connectivity index (χ2v) is 4.82. The summed E-state index contributed by atoms with van der Waals surface area (Å²) in [5, 5.41) is 9.64. The summed E-state index contributed by atoms with van der Waals surface area (Å²) in [5.41, 5.74) is 6.41. The maximum absolute atomic E-state index is 13.2. The number of aromatic hydroxyl groups is 1. The quantitative estimate of drug-likeness (QED) is 0.784. The van der Waals surface area contributed by atoms with Gasteiger partial charge in [-0.05, 0) is 29.9 Å². The smallest absolute Gasteiger partial charge is 0.165 e. The Bertz CT molecular complexity index is 389. The summed E-state index contributed by atoms with van der Waals surface area (Å²) in [6, 6.07) is 4.68. The Morgan fingerprint density at radius 2 is 2.13 bits per heavy atom. The second-order valence-electron chi connectivity index (χ2n) is 4.82. The molecule has 0 aliphatic heterocycles. The molecular formula is C12H16FNO. The van der Waals surface area contributed by atoms with Gasteiger partial charge in [0, 0.05) is 5.56 Å². The molecule has 82 valence electrons. The van der Waals surface area contributed by atoms with Crippen LogP contribution in [0.4, 0.5) is 4.39 Å². The molecule has 2 rings (SSSR count). The SMILES string of the molecule is CC1(C)[C@H](CN)[C@H]1c1cccc(F)c1O. The summed E-state index contributed by atoms with van der Waals surface area (Å²) in [4.78, 5) is 0. The number of phenolic OH excluding ortho intramolecular Hbond substituents is 1. The number of nitrogens with two attached hydrogens (primary N) is 1. The summed E-state index contributed by atoms with van der Waals surface area (Å²) in [6.45, 7) is 4.77. The van der Waals surface area contributed by atoms with E-state index in [2.05, 4.69) is 13.8 Å². The van der Waals surface area contributed by atoms with Crippen molar-refractivity contribution in [3.8, 4) is 5.75 Å². The molecule has 0 heterocycles. The fourth-order valence-corrected chi connectivity index (χ4v) is 2.58. The molecule has 1 fully saturated rings.